The van der Waals surface area contributed by atoms with Crippen LogP contribution in [-0.2, 0) is 11.3 Å². The minimum absolute atomic E-state index is 0.0239. The van der Waals surface area contributed by atoms with Crippen LogP contribution < -0.4 is 4.74 Å². The van der Waals surface area contributed by atoms with Crippen molar-refractivity contribution in [2.75, 3.05) is 14.2 Å². The molecule has 1 atom stereocenters. The number of methoxy groups -OCH3 is 1. The summed E-state index contributed by atoms with van der Waals surface area (Å²) in [5.74, 6) is 1.58. The first kappa shape index (κ1) is 20.2. The molecule has 146 valence electrons. The summed E-state index contributed by atoms with van der Waals surface area (Å²) in [5.41, 5.74) is 0.816. The maximum absolute atomic E-state index is 12.6. The van der Waals surface area contributed by atoms with E-state index in [0.29, 0.717) is 16.7 Å². The quantitative estimate of drug-likeness (QED) is 0.526. The smallest absolute Gasteiger partial charge is 0.246 e. The van der Waals surface area contributed by atoms with Crippen LogP contribution in [0.15, 0.2) is 57.9 Å². The van der Waals surface area contributed by atoms with Gasteiger partial charge in [-0.2, -0.15) is 4.98 Å². The summed E-state index contributed by atoms with van der Waals surface area (Å²) >= 11 is 7.38. The predicted molar refractivity (Wildman–Crippen MR) is 110 cm³/mol. The van der Waals surface area contributed by atoms with Gasteiger partial charge in [-0.25, -0.2) is 0 Å². The Bertz CT molecular complexity index is 929. The lowest BCUT2D eigenvalue weighted by Gasteiger charge is -2.19. The van der Waals surface area contributed by atoms with Gasteiger partial charge >= 0.3 is 0 Å². The van der Waals surface area contributed by atoms with Gasteiger partial charge in [0.1, 0.15) is 5.75 Å². The first-order chi connectivity index (χ1) is 13.5. The van der Waals surface area contributed by atoms with Gasteiger partial charge in [0.25, 0.3) is 0 Å². The first-order valence-electron chi connectivity index (χ1n) is 8.60. The van der Waals surface area contributed by atoms with E-state index in [-0.39, 0.29) is 17.7 Å². The molecule has 1 amide bonds. The SMILES string of the molecule is COc1ccc(-c2noc(CN(C)C(=O)C(C)Sc3ccc(Cl)cc3)n2)cc1. The summed E-state index contributed by atoms with van der Waals surface area (Å²) in [7, 11) is 3.33. The Morgan fingerprint density at radius 3 is 2.54 bits per heavy atom. The number of aromatic nitrogens is 2. The van der Waals surface area contributed by atoms with E-state index in [9.17, 15) is 4.79 Å². The van der Waals surface area contributed by atoms with Gasteiger partial charge in [0.05, 0.1) is 18.9 Å². The van der Waals surface area contributed by atoms with Crippen molar-refractivity contribution < 1.29 is 14.1 Å². The molecule has 6 nitrogen and oxygen atoms in total. The van der Waals surface area contributed by atoms with Gasteiger partial charge in [0.2, 0.25) is 17.6 Å². The molecule has 0 aliphatic carbocycles. The zero-order valence-corrected chi connectivity index (χ0v) is 17.3. The van der Waals surface area contributed by atoms with Crippen LogP contribution in [0.3, 0.4) is 0 Å². The van der Waals surface area contributed by atoms with Gasteiger partial charge in [-0.15, -0.1) is 11.8 Å². The molecule has 0 fully saturated rings. The van der Waals surface area contributed by atoms with E-state index in [4.69, 9.17) is 20.9 Å². The molecule has 3 aromatic rings. The summed E-state index contributed by atoms with van der Waals surface area (Å²) in [4.78, 5) is 19.6. The molecule has 0 saturated heterocycles. The average Bonchev–Trinajstić information content (AvgIpc) is 3.17. The topological polar surface area (TPSA) is 68.5 Å². The third kappa shape index (κ3) is 5.05. The third-order valence-electron chi connectivity index (χ3n) is 4.04. The number of benzene rings is 2. The Hall–Kier alpha value is -2.51. The second-order valence-corrected chi connectivity index (χ2v) is 8.00. The summed E-state index contributed by atoms with van der Waals surface area (Å²) in [6.07, 6.45) is 0. The Kier molecular flexibility index (Phi) is 6.59. The second-order valence-electron chi connectivity index (χ2n) is 6.15. The molecule has 0 aliphatic rings. The molecule has 1 unspecified atom stereocenters. The lowest BCUT2D eigenvalue weighted by Crippen LogP contribution is -2.32. The van der Waals surface area contributed by atoms with Gasteiger partial charge in [-0.05, 0) is 55.5 Å². The van der Waals surface area contributed by atoms with E-state index in [1.807, 2.05) is 55.5 Å². The normalized spacial score (nSPS) is 11.9. The third-order valence-corrected chi connectivity index (χ3v) is 5.39. The Labute approximate surface area is 172 Å². The van der Waals surface area contributed by atoms with Gasteiger partial charge < -0.3 is 14.2 Å². The number of rotatable bonds is 7. The van der Waals surface area contributed by atoms with E-state index in [0.717, 1.165) is 16.2 Å². The number of amides is 1. The first-order valence-corrected chi connectivity index (χ1v) is 9.86. The summed E-state index contributed by atoms with van der Waals surface area (Å²) < 4.78 is 10.4. The number of hydrogen-bond acceptors (Lipinski definition) is 6. The number of halogens is 1. The second kappa shape index (κ2) is 9.12. The number of hydrogen-bond donors (Lipinski definition) is 0. The van der Waals surface area contributed by atoms with Crippen molar-refractivity contribution in [3.8, 4) is 17.1 Å². The van der Waals surface area contributed by atoms with Crippen molar-refractivity contribution in [2.45, 2.75) is 23.6 Å². The van der Waals surface area contributed by atoms with Crippen LogP contribution >= 0.6 is 23.4 Å². The molecule has 28 heavy (non-hydrogen) atoms. The highest BCUT2D eigenvalue weighted by molar-refractivity contribution is 8.00. The Morgan fingerprint density at radius 2 is 1.89 bits per heavy atom. The van der Waals surface area contributed by atoms with Crippen LogP contribution in [0.4, 0.5) is 0 Å². The van der Waals surface area contributed by atoms with Crippen molar-refractivity contribution in [1.29, 1.82) is 0 Å². The van der Waals surface area contributed by atoms with Crippen molar-refractivity contribution in [1.82, 2.24) is 15.0 Å². The molecule has 0 radical (unpaired) electrons. The maximum atomic E-state index is 12.6. The molecule has 8 heteroatoms. The fourth-order valence-electron chi connectivity index (χ4n) is 2.54. The molecule has 1 heterocycles. The van der Waals surface area contributed by atoms with E-state index >= 15 is 0 Å². The molecular weight excluding hydrogens is 398 g/mol. The molecule has 0 N–H and O–H groups in total. The fourth-order valence-corrected chi connectivity index (χ4v) is 3.64. The zero-order valence-electron chi connectivity index (χ0n) is 15.8. The van der Waals surface area contributed by atoms with Crippen LogP contribution in [0.5, 0.6) is 5.75 Å². The molecule has 0 bridgehead atoms. The number of carbonyl (C=O) groups is 1. The molecule has 0 saturated carbocycles. The summed E-state index contributed by atoms with van der Waals surface area (Å²) in [5, 5.41) is 4.41. The van der Waals surface area contributed by atoms with Crippen molar-refractivity contribution in [2.24, 2.45) is 0 Å². The number of carbonyl (C=O) groups excluding carboxylic acids is 1. The molecular formula is C20H20ClN3O3S. The summed E-state index contributed by atoms with van der Waals surface area (Å²) in [6, 6.07) is 14.8. The van der Waals surface area contributed by atoms with E-state index in [1.165, 1.54) is 11.8 Å². The van der Waals surface area contributed by atoms with E-state index in [1.54, 1.807) is 19.1 Å². The minimum Gasteiger partial charge on any atom is -0.497 e. The monoisotopic (exact) mass is 417 g/mol. The number of ether oxygens (including phenoxy) is 1. The molecule has 2 aromatic carbocycles. The van der Waals surface area contributed by atoms with Gasteiger partial charge in [-0.3, -0.25) is 4.79 Å². The molecule has 1 aromatic heterocycles. The van der Waals surface area contributed by atoms with Crippen molar-refractivity contribution in [3.05, 3.63) is 59.4 Å². The lowest BCUT2D eigenvalue weighted by molar-refractivity contribution is -0.129. The maximum Gasteiger partial charge on any atom is 0.246 e. The highest BCUT2D eigenvalue weighted by Crippen LogP contribution is 2.26. The van der Waals surface area contributed by atoms with Crippen molar-refractivity contribution in [3.63, 3.8) is 0 Å². The lowest BCUT2D eigenvalue weighted by atomic mass is 10.2. The summed E-state index contributed by atoms with van der Waals surface area (Å²) in [6.45, 7) is 2.11. The van der Waals surface area contributed by atoms with Crippen LogP contribution in [0, 0.1) is 0 Å². The zero-order chi connectivity index (χ0) is 20.1. The average molecular weight is 418 g/mol. The highest BCUT2D eigenvalue weighted by Gasteiger charge is 2.21. The van der Waals surface area contributed by atoms with E-state index < -0.39 is 0 Å². The van der Waals surface area contributed by atoms with Crippen LogP contribution in [0.25, 0.3) is 11.4 Å². The standard InChI is InChI=1S/C20H20ClN3O3S/c1-13(28-17-10-6-15(21)7-11-17)20(25)24(2)12-18-22-19(23-27-18)14-4-8-16(26-3)9-5-14/h4-11,13H,12H2,1-3H3. The largest absolute Gasteiger partial charge is 0.497 e. The highest BCUT2D eigenvalue weighted by atomic mass is 35.5. The van der Waals surface area contributed by atoms with Crippen molar-refractivity contribution >= 4 is 29.3 Å². The van der Waals surface area contributed by atoms with Gasteiger partial charge in [-0.1, -0.05) is 16.8 Å². The molecule has 0 spiro atoms. The van der Waals surface area contributed by atoms with Gasteiger partial charge in [0.15, 0.2) is 0 Å². The Balaban J connectivity index is 1.60. The van der Waals surface area contributed by atoms with Crippen LogP contribution in [0.2, 0.25) is 5.02 Å². The van der Waals surface area contributed by atoms with Gasteiger partial charge in [0, 0.05) is 22.5 Å². The number of thioether (sulfide) groups is 1. The Morgan fingerprint density at radius 1 is 1.21 bits per heavy atom. The fraction of sp³-hybridized carbons (Fsp3) is 0.250. The molecule has 0 aliphatic heterocycles. The predicted octanol–water partition coefficient (Wildman–Crippen LogP) is 4.54. The number of nitrogens with zero attached hydrogens (tertiary/aromatic N) is 3. The van der Waals surface area contributed by atoms with E-state index in [2.05, 4.69) is 10.1 Å². The van der Waals surface area contributed by atoms with Crippen LogP contribution in [0.1, 0.15) is 12.8 Å². The van der Waals surface area contributed by atoms with Crippen LogP contribution in [-0.4, -0.2) is 40.4 Å². The minimum atomic E-state index is -0.254. The molecule has 3 rings (SSSR count).